The van der Waals surface area contributed by atoms with Gasteiger partial charge in [0, 0.05) is 32.1 Å². The van der Waals surface area contributed by atoms with Crippen molar-refractivity contribution in [3.05, 3.63) is 42.2 Å². The van der Waals surface area contributed by atoms with Gasteiger partial charge in [0.15, 0.2) is 5.82 Å². The van der Waals surface area contributed by atoms with Crippen LogP contribution in [0.4, 0.5) is 19.0 Å². The molecule has 1 rings (SSSR count). The molecule has 0 amide bonds. The van der Waals surface area contributed by atoms with E-state index in [0.717, 1.165) is 17.9 Å². The van der Waals surface area contributed by atoms with Crippen LogP contribution in [-0.2, 0) is 11.2 Å². The minimum Gasteiger partial charge on any atom is -0.411 e. The minimum absolute atomic E-state index is 0.0893. The van der Waals surface area contributed by atoms with Crippen LogP contribution >= 0.6 is 0 Å². The molecule has 1 aromatic heterocycles. The SMILES string of the molecule is CC=C(CCC=CN(C)c1nccnc1CC)OC(F)(F)F. The molecule has 1 aromatic rings. The van der Waals surface area contributed by atoms with Crippen molar-refractivity contribution in [1.82, 2.24) is 9.97 Å². The number of aromatic nitrogens is 2. The number of halogens is 3. The van der Waals surface area contributed by atoms with Gasteiger partial charge >= 0.3 is 6.36 Å². The second-order valence-corrected chi connectivity index (χ2v) is 4.52. The lowest BCUT2D eigenvalue weighted by molar-refractivity contribution is -0.306. The van der Waals surface area contributed by atoms with E-state index in [-0.39, 0.29) is 12.2 Å². The summed E-state index contributed by atoms with van der Waals surface area (Å²) in [5.74, 6) is 0.646. The van der Waals surface area contributed by atoms with Crippen LogP contribution < -0.4 is 4.90 Å². The standard InChI is InChI=1S/C15H20F3N3O/c1-4-12(22-15(16,17)18)8-6-7-11-21(3)14-13(5-2)19-9-10-20-14/h4,7,9-11H,5-6,8H2,1-3H3. The fourth-order valence-electron chi connectivity index (χ4n) is 1.84. The van der Waals surface area contributed by atoms with E-state index in [4.69, 9.17) is 0 Å². The second-order valence-electron chi connectivity index (χ2n) is 4.52. The fourth-order valence-corrected chi connectivity index (χ4v) is 1.84. The summed E-state index contributed by atoms with van der Waals surface area (Å²) in [5.41, 5.74) is 0.865. The van der Waals surface area contributed by atoms with E-state index in [2.05, 4.69) is 14.7 Å². The highest BCUT2D eigenvalue weighted by molar-refractivity contribution is 5.44. The summed E-state index contributed by atoms with van der Waals surface area (Å²) >= 11 is 0. The Labute approximate surface area is 128 Å². The van der Waals surface area contributed by atoms with Gasteiger partial charge in [0.05, 0.1) is 5.69 Å². The smallest absolute Gasteiger partial charge is 0.411 e. The topological polar surface area (TPSA) is 38.2 Å². The average Bonchev–Trinajstić information content (AvgIpc) is 2.48. The molecule has 0 unspecified atom stereocenters. The molecule has 0 fully saturated rings. The Balaban J connectivity index is 2.55. The third-order valence-electron chi connectivity index (χ3n) is 2.88. The molecule has 0 N–H and O–H groups in total. The van der Waals surface area contributed by atoms with Gasteiger partial charge in [-0.2, -0.15) is 0 Å². The Bertz CT molecular complexity index is 527. The first-order chi connectivity index (χ1) is 10.4. The first kappa shape index (κ1) is 18.0. The summed E-state index contributed by atoms with van der Waals surface area (Å²) in [5, 5.41) is 0. The minimum atomic E-state index is -4.64. The number of hydrogen-bond acceptors (Lipinski definition) is 4. The van der Waals surface area contributed by atoms with E-state index >= 15 is 0 Å². The summed E-state index contributed by atoms with van der Waals surface area (Å²) < 4.78 is 40.3. The lowest BCUT2D eigenvalue weighted by Gasteiger charge is -2.15. The highest BCUT2D eigenvalue weighted by Crippen LogP contribution is 2.23. The van der Waals surface area contributed by atoms with E-state index in [0.29, 0.717) is 6.42 Å². The Kier molecular flexibility index (Phi) is 6.88. The third-order valence-corrected chi connectivity index (χ3v) is 2.88. The number of rotatable bonds is 7. The van der Waals surface area contributed by atoms with Gasteiger partial charge in [0.25, 0.3) is 0 Å². The molecule has 1 heterocycles. The van der Waals surface area contributed by atoms with Crippen LogP contribution in [0.15, 0.2) is 36.5 Å². The number of aryl methyl sites for hydroxylation is 1. The van der Waals surface area contributed by atoms with Crippen molar-refractivity contribution in [2.75, 3.05) is 11.9 Å². The van der Waals surface area contributed by atoms with Gasteiger partial charge in [-0.05, 0) is 25.8 Å². The Morgan fingerprint density at radius 1 is 1.32 bits per heavy atom. The van der Waals surface area contributed by atoms with E-state index in [9.17, 15) is 13.2 Å². The quantitative estimate of drug-likeness (QED) is 0.707. The molecule has 0 saturated carbocycles. The predicted molar refractivity (Wildman–Crippen MR) is 79.1 cm³/mol. The maximum atomic E-state index is 12.1. The molecule has 0 aliphatic rings. The van der Waals surface area contributed by atoms with E-state index < -0.39 is 6.36 Å². The van der Waals surface area contributed by atoms with Crippen molar-refractivity contribution in [2.45, 2.75) is 39.5 Å². The molecule has 122 valence electrons. The summed E-state index contributed by atoms with van der Waals surface area (Å²) in [4.78, 5) is 10.3. The number of hydrogen-bond donors (Lipinski definition) is 0. The molecule has 0 aliphatic heterocycles. The average molecular weight is 315 g/mol. The number of allylic oxidation sites excluding steroid dienone is 3. The molecule has 0 spiro atoms. The monoisotopic (exact) mass is 315 g/mol. The highest BCUT2D eigenvalue weighted by atomic mass is 19.4. The second kappa shape index (κ2) is 8.41. The lowest BCUT2D eigenvalue weighted by Crippen LogP contribution is -2.13. The molecular formula is C15H20F3N3O. The molecule has 0 saturated heterocycles. The van der Waals surface area contributed by atoms with Crippen LogP contribution in [0.2, 0.25) is 0 Å². The fraction of sp³-hybridized carbons (Fsp3) is 0.467. The lowest BCUT2D eigenvalue weighted by atomic mass is 10.2. The van der Waals surface area contributed by atoms with E-state index in [1.54, 1.807) is 29.6 Å². The third kappa shape index (κ3) is 6.15. The van der Waals surface area contributed by atoms with Crippen LogP contribution in [0.3, 0.4) is 0 Å². The van der Waals surface area contributed by atoms with Crippen LogP contribution in [0, 0.1) is 0 Å². The van der Waals surface area contributed by atoms with Crippen molar-refractivity contribution in [3.63, 3.8) is 0 Å². The van der Waals surface area contributed by atoms with Crippen molar-refractivity contribution in [2.24, 2.45) is 0 Å². The van der Waals surface area contributed by atoms with E-state index in [1.807, 2.05) is 14.0 Å². The van der Waals surface area contributed by atoms with Gasteiger partial charge in [-0.15, -0.1) is 13.2 Å². The Morgan fingerprint density at radius 2 is 2.00 bits per heavy atom. The summed E-state index contributed by atoms with van der Waals surface area (Å²) in [6.45, 7) is 3.50. The molecule has 0 bridgehead atoms. The number of alkyl halides is 3. The van der Waals surface area contributed by atoms with Crippen molar-refractivity contribution < 1.29 is 17.9 Å². The largest absolute Gasteiger partial charge is 0.572 e. The zero-order valence-corrected chi connectivity index (χ0v) is 12.9. The van der Waals surface area contributed by atoms with Gasteiger partial charge < -0.3 is 9.64 Å². The Hall–Kier alpha value is -2.05. The van der Waals surface area contributed by atoms with Crippen LogP contribution in [0.25, 0.3) is 0 Å². The number of ether oxygens (including phenoxy) is 1. The molecule has 0 radical (unpaired) electrons. The van der Waals surface area contributed by atoms with Gasteiger partial charge in [0.2, 0.25) is 0 Å². The highest BCUT2D eigenvalue weighted by Gasteiger charge is 2.31. The predicted octanol–water partition coefficient (Wildman–Crippen LogP) is 4.21. The zero-order valence-electron chi connectivity index (χ0n) is 12.9. The maximum absolute atomic E-state index is 12.1. The van der Waals surface area contributed by atoms with Crippen LogP contribution in [0.5, 0.6) is 0 Å². The van der Waals surface area contributed by atoms with Gasteiger partial charge in [-0.1, -0.05) is 13.0 Å². The van der Waals surface area contributed by atoms with Crippen molar-refractivity contribution in [1.29, 1.82) is 0 Å². The number of nitrogens with zero attached hydrogens (tertiary/aromatic N) is 3. The van der Waals surface area contributed by atoms with Crippen LogP contribution in [0.1, 0.15) is 32.4 Å². The maximum Gasteiger partial charge on any atom is 0.572 e. The van der Waals surface area contributed by atoms with Gasteiger partial charge in [-0.25, -0.2) is 4.98 Å². The van der Waals surface area contributed by atoms with E-state index in [1.165, 1.54) is 13.0 Å². The molecule has 0 aliphatic carbocycles. The van der Waals surface area contributed by atoms with Gasteiger partial charge in [0.1, 0.15) is 5.76 Å². The van der Waals surface area contributed by atoms with Gasteiger partial charge in [-0.3, -0.25) is 4.98 Å². The normalized spacial score (nSPS) is 12.7. The molecule has 7 heteroatoms. The summed E-state index contributed by atoms with van der Waals surface area (Å²) in [6, 6.07) is 0. The first-order valence-electron chi connectivity index (χ1n) is 6.97. The van der Waals surface area contributed by atoms with Crippen LogP contribution in [-0.4, -0.2) is 23.4 Å². The molecule has 4 nitrogen and oxygen atoms in total. The zero-order chi connectivity index (χ0) is 16.6. The summed E-state index contributed by atoms with van der Waals surface area (Å²) in [6.07, 6.45) is 4.83. The molecular weight excluding hydrogens is 295 g/mol. The first-order valence-corrected chi connectivity index (χ1v) is 6.97. The summed E-state index contributed by atoms with van der Waals surface area (Å²) in [7, 11) is 1.82. The Morgan fingerprint density at radius 3 is 2.59 bits per heavy atom. The number of anilines is 1. The van der Waals surface area contributed by atoms with Crippen molar-refractivity contribution >= 4 is 5.82 Å². The molecule has 22 heavy (non-hydrogen) atoms. The van der Waals surface area contributed by atoms with Crippen molar-refractivity contribution in [3.8, 4) is 0 Å². The molecule has 0 atom stereocenters. The molecule has 0 aromatic carbocycles.